The monoisotopic (exact) mass is 1520 g/mol. The van der Waals surface area contributed by atoms with E-state index < -0.39 is 97.5 Å². The van der Waals surface area contributed by atoms with E-state index in [0.717, 1.165) is 154 Å². The van der Waals surface area contributed by atoms with Crippen molar-refractivity contribution in [1.29, 1.82) is 0 Å². The van der Waals surface area contributed by atoms with Crippen molar-refractivity contribution in [3.8, 4) is 0 Å². The molecular formula is C87H140O17P2. The predicted molar refractivity (Wildman–Crippen MR) is 436 cm³/mol. The summed E-state index contributed by atoms with van der Waals surface area (Å²) >= 11 is 0. The topological polar surface area (TPSA) is 237 Å². The summed E-state index contributed by atoms with van der Waals surface area (Å²) in [5, 5.41) is 10.6. The summed E-state index contributed by atoms with van der Waals surface area (Å²) in [5.74, 6) is -2.39. The minimum Gasteiger partial charge on any atom is -0.462 e. The van der Waals surface area contributed by atoms with Gasteiger partial charge in [-0.1, -0.05) is 274 Å². The lowest BCUT2D eigenvalue weighted by atomic mass is 10.1. The molecule has 0 amide bonds. The van der Waals surface area contributed by atoms with Gasteiger partial charge in [0.2, 0.25) is 0 Å². The molecule has 600 valence electrons. The molecule has 0 rings (SSSR count). The zero-order chi connectivity index (χ0) is 77.4. The molecule has 0 aliphatic heterocycles. The first-order chi connectivity index (χ1) is 51.7. The largest absolute Gasteiger partial charge is 0.472 e. The molecule has 0 spiro atoms. The van der Waals surface area contributed by atoms with Crippen molar-refractivity contribution in [2.45, 2.75) is 303 Å². The van der Waals surface area contributed by atoms with Crippen molar-refractivity contribution < 1.29 is 80.2 Å². The van der Waals surface area contributed by atoms with Crippen molar-refractivity contribution >= 4 is 39.5 Å². The van der Waals surface area contributed by atoms with Gasteiger partial charge in [0, 0.05) is 25.7 Å². The highest BCUT2D eigenvalue weighted by atomic mass is 31.2. The minimum absolute atomic E-state index is 0.00436. The average molecular weight is 1520 g/mol. The van der Waals surface area contributed by atoms with Crippen molar-refractivity contribution in [3.05, 3.63) is 182 Å². The number of unbranched alkanes of at least 4 members (excludes halogenated alkanes) is 17. The SMILES string of the molecule is CCC=CCC=CCC=CCC=CCC=CCC=CCCC(=O)OCC(COP(=O)(O)OCC(O)COP(=O)(O)OCC(COC(=O)CCCCCCCC=CCC=CCC=CCC)OC(=O)CCCCCCCC=CCC=CCCCCC)OC(=O)CCCC=CCC=CCC=CCC=CCCCCC. The van der Waals surface area contributed by atoms with E-state index in [1.165, 1.54) is 38.5 Å². The number of esters is 4. The number of hydrogen-bond donors (Lipinski definition) is 3. The molecule has 0 saturated heterocycles. The highest BCUT2D eigenvalue weighted by molar-refractivity contribution is 7.47. The second-order valence-corrected chi connectivity index (χ2v) is 28.8. The van der Waals surface area contributed by atoms with Crippen LogP contribution in [0.25, 0.3) is 0 Å². The fourth-order valence-electron chi connectivity index (χ4n) is 9.81. The summed E-state index contributed by atoms with van der Waals surface area (Å²) in [5.41, 5.74) is 0. The normalized spacial score (nSPS) is 14.8. The Balaban J connectivity index is 5.53. The maximum Gasteiger partial charge on any atom is 0.472 e. The summed E-state index contributed by atoms with van der Waals surface area (Å²) in [7, 11) is -10.0. The highest BCUT2D eigenvalue weighted by Gasteiger charge is 2.30. The van der Waals surface area contributed by atoms with Crippen LogP contribution in [0.1, 0.15) is 285 Å². The predicted octanol–water partition coefficient (Wildman–Crippen LogP) is 23.6. The number of ether oxygens (including phenoxy) is 4. The van der Waals surface area contributed by atoms with Gasteiger partial charge in [0.15, 0.2) is 12.2 Å². The third kappa shape index (κ3) is 76.4. The number of rotatable bonds is 73. The molecule has 0 aromatic heterocycles. The van der Waals surface area contributed by atoms with Gasteiger partial charge in [-0.15, -0.1) is 0 Å². The number of aliphatic hydroxyl groups is 1. The lowest BCUT2D eigenvalue weighted by Gasteiger charge is -2.21. The maximum atomic E-state index is 13.1. The number of allylic oxidation sites excluding steroid dienone is 30. The molecule has 0 bridgehead atoms. The van der Waals surface area contributed by atoms with E-state index in [9.17, 15) is 43.2 Å². The molecule has 0 aliphatic rings. The third-order valence-electron chi connectivity index (χ3n) is 15.8. The van der Waals surface area contributed by atoms with E-state index in [2.05, 4.69) is 180 Å². The van der Waals surface area contributed by atoms with Crippen LogP contribution in [-0.2, 0) is 65.4 Å². The Morgan fingerprint density at radius 2 is 0.519 bits per heavy atom. The van der Waals surface area contributed by atoms with Gasteiger partial charge in [-0.3, -0.25) is 37.3 Å². The Kier molecular flexibility index (Phi) is 73.1. The molecule has 17 nitrogen and oxygen atoms in total. The molecule has 0 aromatic rings. The van der Waals surface area contributed by atoms with Crippen LogP contribution in [-0.4, -0.2) is 96.7 Å². The van der Waals surface area contributed by atoms with Gasteiger partial charge in [0.25, 0.3) is 0 Å². The van der Waals surface area contributed by atoms with Crippen LogP contribution in [0.5, 0.6) is 0 Å². The smallest absolute Gasteiger partial charge is 0.462 e. The molecule has 3 N–H and O–H groups in total. The molecular weight excluding hydrogens is 1380 g/mol. The van der Waals surface area contributed by atoms with Crippen LogP contribution < -0.4 is 0 Å². The number of aliphatic hydroxyl groups excluding tert-OH is 1. The quantitative estimate of drug-likeness (QED) is 0.0169. The number of hydrogen-bond acceptors (Lipinski definition) is 15. The molecule has 5 atom stereocenters. The molecule has 0 radical (unpaired) electrons. The summed E-state index contributed by atoms with van der Waals surface area (Å²) in [6, 6.07) is 0. The summed E-state index contributed by atoms with van der Waals surface area (Å²) in [6.45, 7) is 4.39. The van der Waals surface area contributed by atoms with Crippen molar-refractivity contribution in [1.82, 2.24) is 0 Å². The minimum atomic E-state index is -5.02. The summed E-state index contributed by atoms with van der Waals surface area (Å²) in [4.78, 5) is 73.0. The Bertz CT molecular complexity index is 2730. The van der Waals surface area contributed by atoms with E-state index in [1.54, 1.807) is 0 Å². The van der Waals surface area contributed by atoms with Crippen molar-refractivity contribution in [2.75, 3.05) is 39.6 Å². The van der Waals surface area contributed by atoms with E-state index in [4.69, 9.17) is 37.0 Å². The molecule has 0 fully saturated rings. The van der Waals surface area contributed by atoms with E-state index in [-0.39, 0.29) is 25.7 Å². The van der Waals surface area contributed by atoms with Crippen LogP contribution in [0, 0.1) is 0 Å². The van der Waals surface area contributed by atoms with Gasteiger partial charge < -0.3 is 33.8 Å². The fraction of sp³-hybridized carbons (Fsp3) is 0.609. The Morgan fingerprint density at radius 1 is 0.274 bits per heavy atom. The standard InChI is InChI=1S/C87H140O17P2/c1-5-9-13-17-21-25-29-33-37-39-40-42-45-48-52-56-60-64-68-72-85(90)98-78-83(104-87(92)74-70-66-62-58-54-50-46-41-38-34-30-26-22-18-14-10-6-2)80-102-106(95,96)100-76-81(88)75-99-105(93,94)101-79-82(103-86(91)73-69-65-61-57-53-49-44-36-32-28-24-20-16-12-8-4)77-97-84(89)71-67-63-59-55-51-47-43-35-31-27-23-19-15-11-7-3/h9,11,13,15,21-28,33-38,40,42-44,46,48,50,52,58,60,62,64,81-83,88H,5-8,10,12,14,16-20,29-32,39,41,45,47,49,51,53-57,59,61,63,65-80H2,1-4H3,(H,93,94)(H,95,96). The van der Waals surface area contributed by atoms with Gasteiger partial charge in [-0.25, -0.2) is 9.13 Å². The van der Waals surface area contributed by atoms with Crippen LogP contribution in [0.15, 0.2) is 182 Å². The number of phosphoric acid groups is 2. The van der Waals surface area contributed by atoms with Gasteiger partial charge in [0.05, 0.1) is 26.4 Å². The van der Waals surface area contributed by atoms with E-state index in [1.807, 2.05) is 30.4 Å². The Morgan fingerprint density at radius 3 is 0.849 bits per heavy atom. The molecule has 5 unspecified atom stereocenters. The van der Waals surface area contributed by atoms with Crippen LogP contribution in [0.3, 0.4) is 0 Å². The lowest BCUT2D eigenvalue weighted by Crippen LogP contribution is -2.30. The molecule has 106 heavy (non-hydrogen) atoms. The van der Waals surface area contributed by atoms with E-state index >= 15 is 0 Å². The van der Waals surface area contributed by atoms with Gasteiger partial charge in [-0.05, 0) is 167 Å². The Hall–Kier alpha value is -5.84. The molecule has 0 saturated carbocycles. The lowest BCUT2D eigenvalue weighted by molar-refractivity contribution is -0.161. The second-order valence-electron chi connectivity index (χ2n) is 25.9. The molecule has 0 aliphatic carbocycles. The van der Waals surface area contributed by atoms with Crippen molar-refractivity contribution in [3.63, 3.8) is 0 Å². The molecule has 19 heteroatoms. The maximum absolute atomic E-state index is 13.1. The van der Waals surface area contributed by atoms with Gasteiger partial charge >= 0.3 is 39.5 Å². The first-order valence-corrected chi connectivity index (χ1v) is 43.0. The second kappa shape index (κ2) is 77.3. The van der Waals surface area contributed by atoms with Crippen LogP contribution >= 0.6 is 15.6 Å². The van der Waals surface area contributed by atoms with Gasteiger partial charge in [-0.2, -0.15) is 0 Å². The van der Waals surface area contributed by atoms with Gasteiger partial charge in [0.1, 0.15) is 19.3 Å². The third-order valence-corrected chi connectivity index (χ3v) is 17.7. The first kappa shape index (κ1) is 100. The Labute approximate surface area is 641 Å². The number of carbonyl (C=O) groups excluding carboxylic acids is 4. The van der Waals surface area contributed by atoms with Crippen LogP contribution in [0.4, 0.5) is 0 Å². The summed E-state index contributed by atoms with van der Waals surface area (Å²) < 4.78 is 68.5. The fourth-order valence-corrected chi connectivity index (χ4v) is 11.4. The number of phosphoric ester groups is 2. The summed E-state index contributed by atoms with van der Waals surface area (Å²) in [6.07, 6.45) is 93.2. The molecule has 0 aromatic carbocycles. The molecule has 0 heterocycles. The zero-order valence-electron chi connectivity index (χ0n) is 65.5. The van der Waals surface area contributed by atoms with Crippen molar-refractivity contribution in [2.24, 2.45) is 0 Å². The number of carbonyl (C=O) groups is 4. The van der Waals surface area contributed by atoms with Crippen LogP contribution in [0.2, 0.25) is 0 Å². The average Bonchev–Trinajstić information content (AvgIpc) is 0.902. The van der Waals surface area contributed by atoms with E-state index in [0.29, 0.717) is 38.5 Å². The highest BCUT2D eigenvalue weighted by Crippen LogP contribution is 2.45. The first-order valence-electron chi connectivity index (χ1n) is 40.0. The zero-order valence-corrected chi connectivity index (χ0v) is 67.3.